The number of carbonyl (C=O) groups excluding carboxylic acids is 1. The third-order valence-electron chi connectivity index (χ3n) is 2.75. The van der Waals surface area contributed by atoms with Gasteiger partial charge in [-0.1, -0.05) is 25.1 Å². The molecule has 0 saturated carbocycles. The van der Waals surface area contributed by atoms with Crippen LogP contribution in [-0.2, 0) is 6.42 Å². The number of nitrogens with two attached hydrogens (primary N) is 1. The summed E-state index contributed by atoms with van der Waals surface area (Å²) in [6.07, 6.45) is 1.66. The lowest BCUT2D eigenvalue weighted by atomic mass is 10.0. The minimum absolute atomic E-state index is 0.00407. The van der Waals surface area contributed by atoms with Crippen molar-refractivity contribution in [2.45, 2.75) is 45.7 Å². The van der Waals surface area contributed by atoms with Crippen molar-refractivity contribution in [3.05, 3.63) is 35.4 Å². The number of rotatable bonds is 5. The van der Waals surface area contributed by atoms with Crippen LogP contribution in [0.4, 0.5) is 0 Å². The second kappa shape index (κ2) is 6.40. The van der Waals surface area contributed by atoms with Gasteiger partial charge in [-0.15, -0.1) is 0 Å². The van der Waals surface area contributed by atoms with Gasteiger partial charge in [0.05, 0.1) is 0 Å². The van der Waals surface area contributed by atoms with Crippen LogP contribution < -0.4 is 11.1 Å². The van der Waals surface area contributed by atoms with E-state index in [2.05, 4.69) is 12.2 Å². The molecule has 2 atom stereocenters. The molecular weight excluding hydrogens is 212 g/mol. The Bertz CT molecular complexity index is 374. The zero-order chi connectivity index (χ0) is 12.8. The Morgan fingerprint density at radius 1 is 1.35 bits per heavy atom. The van der Waals surface area contributed by atoms with Crippen LogP contribution in [0.2, 0.25) is 0 Å². The third-order valence-corrected chi connectivity index (χ3v) is 2.75. The lowest BCUT2D eigenvalue weighted by Crippen LogP contribution is -2.36. The van der Waals surface area contributed by atoms with Crippen molar-refractivity contribution in [1.82, 2.24) is 5.32 Å². The smallest absolute Gasteiger partial charge is 0.251 e. The molecule has 3 N–H and O–H groups in total. The van der Waals surface area contributed by atoms with Gasteiger partial charge in [-0.3, -0.25) is 4.79 Å². The van der Waals surface area contributed by atoms with E-state index >= 15 is 0 Å². The molecule has 17 heavy (non-hydrogen) atoms. The lowest BCUT2D eigenvalue weighted by Gasteiger charge is -2.17. The molecule has 1 rings (SSSR count). The second-order valence-electron chi connectivity index (χ2n) is 4.60. The molecule has 0 fully saturated rings. The summed E-state index contributed by atoms with van der Waals surface area (Å²) in [5, 5.41) is 2.98. The highest BCUT2D eigenvalue weighted by Crippen LogP contribution is 2.10. The number of hydrogen-bond acceptors (Lipinski definition) is 2. The number of benzene rings is 1. The van der Waals surface area contributed by atoms with Crippen molar-refractivity contribution in [2.24, 2.45) is 5.73 Å². The van der Waals surface area contributed by atoms with Gasteiger partial charge in [0.15, 0.2) is 0 Å². The highest BCUT2D eigenvalue weighted by molar-refractivity contribution is 5.95. The van der Waals surface area contributed by atoms with E-state index in [1.165, 1.54) is 0 Å². The van der Waals surface area contributed by atoms with Gasteiger partial charge in [0.1, 0.15) is 0 Å². The quantitative estimate of drug-likeness (QED) is 0.819. The van der Waals surface area contributed by atoms with E-state index in [0.717, 1.165) is 24.0 Å². The van der Waals surface area contributed by atoms with Gasteiger partial charge in [0.2, 0.25) is 0 Å². The number of amides is 1. The zero-order valence-electron chi connectivity index (χ0n) is 10.9. The first-order valence-corrected chi connectivity index (χ1v) is 6.19. The highest BCUT2D eigenvalue weighted by Gasteiger charge is 2.13. The Hall–Kier alpha value is -1.35. The molecule has 1 aromatic carbocycles. The van der Waals surface area contributed by atoms with Crippen LogP contribution in [0, 0.1) is 0 Å². The first-order chi connectivity index (χ1) is 8.04. The topological polar surface area (TPSA) is 55.1 Å². The summed E-state index contributed by atoms with van der Waals surface area (Å²) in [4.78, 5) is 12.1. The molecule has 0 saturated heterocycles. The van der Waals surface area contributed by atoms with Crippen LogP contribution in [0.5, 0.6) is 0 Å². The van der Waals surface area contributed by atoms with Crippen molar-refractivity contribution in [1.29, 1.82) is 0 Å². The fraction of sp³-hybridized carbons (Fsp3) is 0.500. The van der Waals surface area contributed by atoms with Gasteiger partial charge >= 0.3 is 0 Å². The Labute approximate surface area is 103 Å². The van der Waals surface area contributed by atoms with Crippen molar-refractivity contribution in [3.8, 4) is 0 Å². The lowest BCUT2D eigenvalue weighted by molar-refractivity contribution is 0.0936. The second-order valence-corrected chi connectivity index (χ2v) is 4.60. The number of hydrogen-bond donors (Lipinski definition) is 2. The minimum atomic E-state index is -0.00407. The predicted octanol–water partition coefficient (Wildman–Crippen LogP) is 2.10. The molecule has 1 amide bonds. The van der Waals surface area contributed by atoms with Crippen molar-refractivity contribution in [3.63, 3.8) is 0 Å². The average molecular weight is 234 g/mol. The maximum atomic E-state index is 12.1. The summed E-state index contributed by atoms with van der Waals surface area (Å²) in [6, 6.07) is 7.92. The number of carbonyl (C=O) groups is 1. The molecule has 1 aromatic rings. The van der Waals surface area contributed by atoms with E-state index in [1.54, 1.807) is 0 Å². The Morgan fingerprint density at radius 2 is 2.00 bits per heavy atom. The third kappa shape index (κ3) is 4.19. The minimum Gasteiger partial charge on any atom is -0.350 e. The van der Waals surface area contributed by atoms with Gasteiger partial charge in [-0.05, 0) is 38.3 Å². The average Bonchev–Trinajstić information content (AvgIpc) is 2.27. The zero-order valence-corrected chi connectivity index (χ0v) is 10.9. The molecule has 3 heteroatoms. The molecule has 0 radical (unpaired) electrons. The Morgan fingerprint density at radius 3 is 2.59 bits per heavy atom. The normalized spacial score (nSPS) is 14.1. The van der Waals surface area contributed by atoms with Crippen LogP contribution >= 0.6 is 0 Å². The highest BCUT2D eigenvalue weighted by atomic mass is 16.1. The fourth-order valence-electron chi connectivity index (χ4n) is 1.97. The largest absolute Gasteiger partial charge is 0.350 e. The van der Waals surface area contributed by atoms with Gasteiger partial charge in [0, 0.05) is 17.6 Å². The first-order valence-electron chi connectivity index (χ1n) is 6.19. The van der Waals surface area contributed by atoms with E-state index in [9.17, 15) is 4.79 Å². The molecule has 2 unspecified atom stereocenters. The Kier molecular flexibility index (Phi) is 5.16. The summed E-state index contributed by atoms with van der Waals surface area (Å²) in [6.45, 7) is 5.98. The van der Waals surface area contributed by atoms with E-state index in [4.69, 9.17) is 5.73 Å². The molecule has 0 heterocycles. The van der Waals surface area contributed by atoms with E-state index < -0.39 is 0 Å². The first kappa shape index (κ1) is 13.7. The van der Waals surface area contributed by atoms with Crippen LogP contribution in [0.15, 0.2) is 24.3 Å². The molecule has 0 aliphatic heterocycles. The fourth-order valence-corrected chi connectivity index (χ4v) is 1.97. The molecule has 94 valence electrons. The standard InChI is InChI=1S/C14H22N2O/c1-4-12-7-5-6-8-13(12)14(17)16-11(3)9-10(2)15/h5-8,10-11H,4,9,15H2,1-3H3,(H,16,17). The molecule has 0 aliphatic carbocycles. The monoisotopic (exact) mass is 234 g/mol. The molecule has 0 bridgehead atoms. The predicted molar refractivity (Wildman–Crippen MR) is 71.0 cm³/mol. The molecule has 0 aliphatic rings. The van der Waals surface area contributed by atoms with Crippen molar-refractivity contribution < 1.29 is 4.79 Å². The van der Waals surface area contributed by atoms with E-state index in [-0.39, 0.29) is 18.0 Å². The van der Waals surface area contributed by atoms with Gasteiger partial charge < -0.3 is 11.1 Å². The van der Waals surface area contributed by atoms with Gasteiger partial charge in [-0.25, -0.2) is 0 Å². The number of aryl methyl sites for hydroxylation is 1. The molecule has 0 aromatic heterocycles. The summed E-state index contributed by atoms with van der Waals surface area (Å²) in [5.74, 6) is -0.00407. The maximum absolute atomic E-state index is 12.1. The van der Waals surface area contributed by atoms with E-state index in [1.807, 2.05) is 38.1 Å². The summed E-state index contributed by atoms with van der Waals surface area (Å²) < 4.78 is 0. The molecule has 0 spiro atoms. The van der Waals surface area contributed by atoms with Crippen LogP contribution in [-0.4, -0.2) is 18.0 Å². The molecule has 3 nitrogen and oxygen atoms in total. The number of nitrogens with one attached hydrogen (secondary N) is 1. The van der Waals surface area contributed by atoms with E-state index in [0.29, 0.717) is 0 Å². The maximum Gasteiger partial charge on any atom is 0.251 e. The summed E-state index contributed by atoms with van der Waals surface area (Å²) >= 11 is 0. The van der Waals surface area contributed by atoms with Crippen LogP contribution in [0.25, 0.3) is 0 Å². The SMILES string of the molecule is CCc1ccccc1C(=O)NC(C)CC(C)N. The van der Waals surface area contributed by atoms with Crippen molar-refractivity contribution >= 4 is 5.91 Å². The molecular formula is C14H22N2O. The van der Waals surface area contributed by atoms with Crippen LogP contribution in [0.3, 0.4) is 0 Å². The summed E-state index contributed by atoms with van der Waals surface area (Å²) in [7, 11) is 0. The van der Waals surface area contributed by atoms with Crippen molar-refractivity contribution in [2.75, 3.05) is 0 Å². The Balaban J connectivity index is 2.69. The van der Waals surface area contributed by atoms with Crippen LogP contribution in [0.1, 0.15) is 43.1 Å². The van der Waals surface area contributed by atoms with Gasteiger partial charge in [-0.2, -0.15) is 0 Å². The van der Waals surface area contributed by atoms with Gasteiger partial charge in [0.25, 0.3) is 5.91 Å². The summed E-state index contributed by atoms with van der Waals surface area (Å²) in [5.41, 5.74) is 7.56.